The molecule has 4 rings (SSSR count). The van der Waals surface area contributed by atoms with Gasteiger partial charge < -0.3 is 9.47 Å². The van der Waals surface area contributed by atoms with Crippen molar-refractivity contribution >= 4 is 0 Å². The molecule has 0 aliphatic carbocycles. The Morgan fingerprint density at radius 1 is 1.19 bits per heavy atom. The van der Waals surface area contributed by atoms with E-state index in [2.05, 4.69) is 31.9 Å². The smallest absolute Gasteiger partial charge is 0.213 e. The van der Waals surface area contributed by atoms with Crippen LogP contribution in [0.1, 0.15) is 17.7 Å². The van der Waals surface area contributed by atoms with Crippen LogP contribution in [0.15, 0.2) is 42.7 Å². The lowest BCUT2D eigenvalue weighted by Gasteiger charge is -2.47. The lowest BCUT2D eigenvalue weighted by molar-refractivity contribution is -0.107. The molecule has 2 aromatic rings. The van der Waals surface area contributed by atoms with E-state index in [9.17, 15) is 0 Å². The van der Waals surface area contributed by atoms with Gasteiger partial charge in [0.1, 0.15) is 0 Å². The van der Waals surface area contributed by atoms with Crippen LogP contribution in [0.4, 0.5) is 0 Å². The van der Waals surface area contributed by atoms with Crippen LogP contribution in [-0.4, -0.2) is 65.3 Å². The quantitative estimate of drug-likeness (QED) is 0.818. The Bertz CT molecular complexity index is 712. The Morgan fingerprint density at radius 2 is 2.15 bits per heavy atom. The van der Waals surface area contributed by atoms with E-state index in [0.29, 0.717) is 18.0 Å². The maximum atomic E-state index is 6.07. The van der Waals surface area contributed by atoms with Crippen molar-refractivity contribution in [1.82, 2.24) is 19.8 Å². The van der Waals surface area contributed by atoms with Crippen LogP contribution in [0.5, 0.6) is 5.88 Å². The third-order valence-corrected chi connectivity index (χ3v) is 5.27. The maximum Gasteiger partial charge on any atom is 0.213 e. The Kier molecular flexibility index (Phi) is 5.43. The Hall–Kier alpha value is -2.02. The number of ether oxygens (including phenoxy) is 2. The van der Waals surface area contributed by atoms with Crippen molar-refractivity contribution in [3.05, 3.63) is 54.0 Å². The number of pyridine rings is 2. The predicted octanol–water partition coefficient (Wildman–Crippen LogP) is 1.96. The molecule has 2 atom stereocenters. The standard InChI is InChI=1S/C20H26N4O2/c1-25-20-6-2-5-17(22-20)14-23-9-7-19-18(15-23)24(10-11-26-19)13-16-4-3-8-21-12-16/h2-6,8,12,18-19H,7,9-11,13-15H2,1H3/t18-,19-/m1/s1. The summed E-state index contributed by atoms with van der Waals surface area (Å²) in [4.78, 5) is 13.8. The van der Waals surface area contributed by atoms with Crippen molar-refractivity contribution < 1.29 is 9.47 Å². The lowest BCUT2D eigenvalue weighted by atomic mass is 9.98. The number of rotatable bonds is 5. The van der Waals surface area contributed by atoms with Gasteiger partial charge in [-0.3, -0.25) is 14.8 Å². The van der Waals surface area contributed by atoms with E-state index >= 15 is 0 Å². The number of aromatic nitrogens is 2. The molecule has 0 aromatic carbocycles. The first-order chi connectivity index (χ1) is 12.8. The maximum absolute atomic E-state index is 6.07. The van der Waals surface area contributed by atoms with E-state index < -0.39 is 0 Å². The molecule has 2 saturated heterocycles. The number of piperidine rings is 1. The molecule has 0 spiro atoms. The van der Waals surface area contributed by atoms with Gasteiger partial charge in [0.15, 0.2) is 0 Å². The molecule has 26 heavy (non-hydrogen) atoms. The molecule has 0 amide bonds. The Labute approximate surface area is 154 Å². The lowest BCUT2D eigenvalue weighted by Crippen LogP contribution is -2.59. The van der Waals surface area contributed by atoms with Gasteiger partial charge in [-0.1, -0.05) is 12.1 Å². The highest BCUT2D eigenvalue weighted by molar-refractivity contribution is 5.16. The van der Waals surface area contributed by atoms with Crippen molar-refractivity contribution in [3.63, 3.8) is 0 Å². The fourth-order valence-corrected chi connectivity index (χ4v) is 3.96. The van der Waals surface area contributed by atoms with Gasteiger partial charge in [0.2, 0.25) is 5.88 Å². The fourth-order valence-electron chi connectivity index (χ4n) is 3.96. The molecule has 2 aliphatic rings. The van der Waals surface area contributed by atoms with Crippen molar-refractivity contribution in [2.75, 3.05) is 33.4 Å². The predicted molar refractivity (Wildman–Crippen MR) is 98.9 cm³/mol. The average Bonchev–Trinajstić information content (AvgIpc) is 2.69. The summed E-state index contributed by atoms with van der Waals surface area (Å²) in [5.74, 6) is 0.677. The van der Waals surface area contributed by atoms with Gasteiger partial charge in [-0.2, -0.15) is 0 Å². The molecule has 4 heterocycles. The monoisotopic (exact) mass is 354 g/mol. The number of morpholine rings is 1. The van der Waals surface area contributed by atoms with Crippen LogP contribution >= 0.6 is 0 Å². The minimum atomic E-state index is 0.329. The van der Waals surface area contributed by atoms with Gasteiger partial charge in [-0.05, 0) is 24.1 Å². The summed E-state index contributed by atoms with van der Waals surface area (Å²) in [6.45, 7) is 5.62. The van der Waals surface area contributed by atoms with Crippen molar-refractivity contribution in [3.8, 4) is 5.88 Å². The normalized spacial score (nSPS) is 24.2. The Morgan fingerprint density at radius 3 is 3.00 bits per heavy atom. The molecule has 0 N–H and O–H groups in total. The molecule has 0 unspecified atom stereocenters. The van der Waals surface area contributed by atoms with Crippen LogP contribution in [0.2, 0.25) is 0 Å². The Balaban J connectivity index is 1.43. The minimum Gasteiger partial charge on any atom is -0.481 e. The van der Waals surface area contributed by atoms with Crippen LogP contribution in [0.3, 0.4) is 0 Å². The zero-order chi connectivity index (χ0) is 17.8. The minimum absolute atomic E-state index is 0.329. The molecule has 0 radical (unpaired) electrons. The van der Waals surface area contributed by atoms with E-state index in [1.54, 1.807) is 7.11 Å². The topological polar surface area (TPSA) is 50.7 Å². The summed E-state index contributed by atoms with van der Waals surface area (Å²) in [6, 6.07) is 10.5. The van der Waals surface area contributed by atoms with Crippen LogP contribution in [0, 0.1) is 0 Å². The molecule has 6 heteroatoms. The highest BCUT2D eigenvalue weighted by Gasteiger charge is 2.37. The average molecular weight is 354 g/mol. The number of methoxy groups -OCH3 is 1. The first kappa shape index (κ1) is 17.4. The summed E-state index contributed by atoms with van der Waals surface area (Å²) >= 11 is 0. The van der Waals surface area contributed by atoms with E-state index in [-0.39, 0.29) is 0 Å². The number of fused-ring (bicyclic) bond motifs is 1. The molecule has 6 nitrogen and oxygen atoms in total. The van der Waals surface area contributed by atoms with Gasteiger partial charge in [0.05, 0.1) is 25.5 Å². The van der Waals surface area contributed by atoms with E-state index in [0.717, 1.165) is 51.4 Å². The van der Waals surface area contributed by atoms with E-state index in [4.69, 9.17) is 9.47 Å². The second-order valence-electron chi connectivity index (χ2n) is 7.00. The van der Waals surface area contributed by atoms with Crippen molar-refractivity contribution in [2.45, 2.75) is 31.7 Å². The van der Waals surface area contributed by atoms with Gasteiger partial charge in [-0.15, -0.1) is 0 Å². The highest BCUT2D eigenvalue weighted by atomic mass is 16.5. The molecular weight excluding hydrogens is 328 g/mol. The zero-order valence-corrected chi connectivity index (χ0v) is 15.3. The number of hydrogen-bond acceptors (Lipinski definition) is 6. The number of hydrogen-bond donors (Lipinski definition) is 0. The van der Waals surface area contributed by atoms with E-state index in [1.165, 1.54) is 5.56 Å². The van der Waals surface area contributed by atoms with Crippen molar-refractivity contribution in [2.24, 2.45) is 0 Å². The van der Waals surface area contributed by atoms with Gasteiger partial charge in [0, 0.05) is 57.2 Å². The molecule has 2 fully saturated rings. The second-order valence-corrected chi connectivity index (χ2v) is 7.00. The summed E-state index contributed by atoms with van der Waals surface area (Å²) in [7, 11) is 1.66. The number of likely N-dealkylation sites (tertiary alicyclic amines) is 1. The molecule has 0 saturated carbocycles. The number of nitrogens with zero attached hydrogens (tertiary/aromatic N) is 4. The zero-order valence-electron chi connectivity index (χ0n) is 15.3. The fraction of sp³-hybridized carbons (Fsp3) is 0.500. The van der Waals surface area contributed by atoms with Gasteiger partial charge in [0.25, 0.3) is 0 Å². The van der Waals surface area contributed by atoms with Gasteiger partial charge >= 0.3 is 0 Å². The van der Waals surface area contributed by atoms with Crippen LogP contribution in [-0.2, 0) is 17.8 Å². The summed E-state index contributed by atoms with van der Waals surface area (Å²) in [5, 5.41) is 0. The third kappa shape index (κ3) is 4.03. The first-order valence-electron chi connectivity index (χ1n) is 9.28. The summed E-state index contributed by atoms with van der Waals surface area (Å²) < 4.78 is 11.3. The highest BCUT2D eigenvalue weighted by Crippen LogP contribution is 2.25. The van der Waals surface area contributed by atoms with Crippen LogP contribution in [0.25, 0.3) is 0 Å². The molecule has 138 valence electrons. The molecular formula is C20H26N4O2. The first-order valence-corrected chi connectivity index (χ1v) is 9.28. The van der Waals surface area contributed by atoms with Crippen LogP contribution < -0.4 is 4.74 Å². The molecule has 0 bridgehead atoms. The SMILES string of the molecule is COc1cccc(CN2CC[C@H]3OCCN(Cc4cccnc4)[C@@H]3C2)n1. The van der Waals surface area contributed by atoms with Crippen molar-refractivity contribution in [1.29, 1.82) is 0 Å². The second kappa shape index (κ2) is 8.12. The third-order valence-electron chi connectivity index (χ3n) is 5.27. The molecule has 2 aromatic heterocycles. The summed E-state index contributed by atoms with van der Waals surface area (Å²) in [5.41, 5.74) is 2.32. The molecule has 2 aliphatic heterocycles. The van der Waals surface area contributed by atoms with Gasteiger partial charge in [-0.25, -0.2) is 4.98 Å². The summed E-state index contributed by atoms with van der Waals surface area (Å²) in [6.07, 6.45) is 5.19. The van der Waals surface area contributed by atoms with E-state index in [1.807, 2.05) is 30.6 Å². The largest absolute Gasteiger partial charge is 0.481 e.